The molecule has 0 aliphatic carbocycles. The molecule has 2 N–H and O–H groups in total. The third kappa shape index (κ3) is 2.39. The van der Waals surface area contributed by atoms with Crippen molar-refractivity contribution in [3.05, 3.63) is 23.3 Å². The van der Waals surface area contributed by atoms with Gasteiger partial charge in [0.25, 0.3) is 0 Å². The lowest BCUT2D eigenvalue weighted by Gasteiger charge is -2.12. The van der Waals surface area contributed by atoms with Gasteiger partial charge in [0.2, 0.25) is 0 Å². The fraction of sp³-hybridized carbons (Fsp3) is 0.455. The summed E-state index contributed by atoms with van der Waals surface area (Å²) in [5, 5.41) is 18.7. The van der Waals surface area contributed by atoms with Crippen LogP contribution in [-0.4, -0.2) is 23.4 Å². The molecule has 0 heterocycles. The minimum atomic E-state index is -0.439. The predicted molar refractivity (Wildman–Crippen MR) is 54.8 cm³/mol. The average molecular weight is 196 g/mol. The summed E-state index contributed by atoms with van der Waals surface area (Å²) in [6, 6.07) is 3.41. The summed E-state index contributed by atoms with van der Waals surface area (Å²) in [6.45, 7) is 3.51. The zero-order valence-electron chi connectivity index (χ0n) is 8.74. The van der Waals surface area contributed by atoms with Crippen molar-refractivity contribution in [2.24, 2.45) is 0 Å². The van der Waals surface area contributed by atoms with Gasteiger partial charge < -0.3 is 14.9 Å². The summed E-state index contributed by atoms with van der Waals surface area (Å²) in [6.07, 6.45) is 0.0443. The van der Waals surface area contributed by atoms with E-state index in [4.69, 9.17) is 4.74 Å². The van der Waals surface area contributed by atoms with E-state index in [-0.39, 0.29) is 5.75 Å². The van der Waals surface area contributed by atoms with Crippen molar-refractivity contribution >= 4 is 0 Å². The quantitative estimate of drug-likeness (QED) is 0.772. The SMILES string of the molecule is COc1cc(C)c(O)cc1CC(C)O. The van der Waals surface area contributed by atoms with E-state index < -0.39 is 6.10 Å². The highest BCUT2D eigenvalue weighted by Crippen LogP contribution is 2.28. The Bertz CT molecular complexity index is 319. The Balaban J connectivity index is 3.07. The number of phenolic OH excluding ortho intramolecular Hbond substituents is 1. The maximum absolute atomic E-state index is 9.50. The smallest absolute Gasteiger partial charge is 0.122 e. The second-order valence-corrected chi connectivity index (χ2v) is 3.50. The Kier molecular flexibility index (Phi) is 3.36. The van der Waals surface area contributed by atoms with Gasteiger partial charge in [0, 0.05) is 12.0 Å². The largest absolute Gasteiger partial charge is 0.508 e. The van der Waals surface area contributed by atoms with Crippen molar-refractivity contribution in [2.45, 2.75) is 26.4 Å². The van der Waals surface area contributed by atoms with Crippen molar-refractivity contribution in [3.63, 3.8) is 0 Å². The van der Waals surface area contributed by atoms with Crippen LogP contribution in [0.4, 0.5) is 0 Å². The molecule has 0 fully saturated rings. The molecule has 0 aliphatic rings. The second kappa shape index (κ2) is 4.33. The first-order valence-corrected chi connectivity index (χ1v) is 4.59. The number of ether oxygens (including phenoxy) is 1. The van der Waals surface area contributed by atoms with Crippen molar-refractivity contribution in [2.75, 3.05) is 7.11 Å². The molecule has 1 rings (SSSR count). The topological polar surface area (TPSA) is 49.7 Å². The van der Waals surface area contributed by atoms with Gasteiger partial charge in [-0.15, -0.1) is 0 Å². The van der Waals surface area contributed by atoms with Crippen LogP contribution in [0.2, 0.25) is 0 Å². The number of aliphatic hydroxyl groups excluding tert-OH is 1. The lowest BCUT2D eigenvalue weighted by atomic mass is 10.0. The van der Waals surface area contributed by atoms with Crippen LogP contribution in [0.3, 0.4) is 0 Å². The summed E-state index contributed by atoms with van der Waals surface area (Å²) in [7, 11) is 1.58. The maximum atomic E-state index is 9.50. The minimum Gasteiger partial charge on any atom is -0.508 e. The minimum absolute atomic E-state index is 0.237. The molecule has 0 aliphatic heterocycles. The molecule has 0 saturated carbocycles. The molecule has 0 saturated heterocycles. The van der Waals surface area contributed by atoms with E-state index in [2.05, 4.69) is 0 Å². The molecule has 3 heteroatoms. The van der Waals surface area contributed by atoms with Crippen LogP contribution >= 0.6 is 0 Å². The first-order chi connectivity index (χ1) is 6.54. The molecule has 3 nitrogen and oxygen atoms in total. The normalized spacial score (nSPS) is 12.6. The van der Waals surface area contributed by atoms with Gasteiger partial charge >= 0.3 is 0 Å². The molecule has 0 radical (unpaired) electrons. The fourth-order valence-corrected chi connectivity index (χ4v) is 1.38. The average Bonchev–Trinajstić information content (AvgIpc) is 2.10. The Morgan fingerprint density at radius 2 is 2.07 bits per heavy atom. The number of phenols is 1. The van der Waals surface area contributed by atoms with Crippen LogP contribution in [0.1, 0.15) is 18.1 Å². The molecule has 78 valence electrons. The van der Waals surface area contributed by atoms with Crippen LogP contribution < -0.4 is 4.74 Å². The molecule has 0 bridgehead atoms. The summed E-state index contributed by atoms with van der Waals surface area (Å²) in [5.41, 5.74) is 1.60. The van der Waals surface area contributed by atoms with Crippen molar-refractivity contribution in [1.82, 2.24) is 0 Å². The van der Waals surface area contributed by atoms with Gasteiger partial charge in [-0.05, 0) is 31.5 Å². The van der Waals surface area contributed by atoms with Gasteiger partial charge in [0.15, 0.2) is 0 Å². The highest BCUT2D eigenvalue weighted by Gasteiger charge is 2.09. The first kappa shape index (κ1) is 10.9. The Morgan fingerprint density at radius 1 is 1.43 bits per heavy atom. The Morgan fingerprint density at radius 3 is 2.57 bits per heavy atom. The van der Waals surface area contributed by atoms with Crippen molar-refractivity contribution in [3.8, 4) is 11.5 Å². The van der Waals surface area contributed by atoms with E-state index in [0.717, 1.165) is 11.1 Å². The molecule has 0 amide bonds. The fourth-order valence-electron chi connectivity index (χ4n) is 1.38. The molecular formula is C11H16O3. The zero-order valence-corrected chi connectivity index (χ0v) is 8.74. The van der Waals surface area contributed by atoms with Crippen LogP contribution in [0.5, 0.6) is 11.5 Å². The Labute approximate surface area is 84.0 Å². The number of rotatable bonds is 3. The molecule has 1 unspecified atom stereocenters. The van der Waals surface area contributed by atoms with Crippen LogP contribution in [-0.2, 0) is 6.42 Å². The summed E-state index contributed by atoms with van der Waals surface area (Å²) >= 11 is 0. The van der Waals surface area contributed by atoms with Gasteiger partial charge in [-0.25, -0.2) is 0 Å². The second-order valence-electron chi connectivity index (χ2n) is 3.50. The molecular weight excluding hydrogens is 180 g/mol. The van der Waals surface area contributed by atoms with Gasteiger partial charge in [0.05, 0.1) is 13.2 Å². The summed E-state index contributed by atoms with van der Waals surface area (Å²) in [5.74, 6) is 0.947. The molecule has 1 aromatic carbocycles. The van der Waals surface area contributed by atoms with Gasteiger partial charge in [-0.1, -0.05) is 0 Å². The number of aromatic hydroxyl groups is 1. The summed E-state index contributed by atoms with van der Waals surface area (Å²) in [4.78, 5) is 0. The monoisotopic (exact) mass is 196 g/mol. The van der Waals surface area contributed by atoms with Gasteiger partial charge in [-0.3, -0.25) is 0 Å². The number of benzene rings is 1. The third-order valence-electron chi connectivity index (χ3n) is 2.11. The number of hydrogen-bond acceptors (Lipinski definition) is 3. The van der Waals surface area contributed by atoms with E-state index in [1.807, 2.05) is 6.92 Å². The number of aliphatic hydroxyl groups is 1. The third-order valence-corrected chi connectivity index (χ3v) is 2.11. The maximum Gasteiger partial charge on any atom is 0.122 e. The molecule has 1 atom stereocenters. The van der Waals surface area contributed by atoms with Gasteiger partial charge in [0.1, 0.15) is 11.5 Å². The molecule has 14 heavy (non-hydrogen) atoms. The van der Waals surface area contributed by atoms with Crippen molar-refractivity contribution in [1.29, 1.82) is 0 Å². The van der Waals surface area contributed by atoms with Crippen molar-refractivity contribution < 1.29 is 14.9 Å². The lowest BCUT2D eigenvalue weighted by Crippen LogP contribution is -2.05. The molecule has 0 aromatic heterocycles. The first-order valence-electron chi connectivity index (χ1n) is 4.59. The van der Waals surface area contributed by atoms with Crippen LogP contribution in [0.15, 0.2) is 12.1 Å². The standard InChI is InChI=1S/C11H16O3/c1-7-4-11(14-3)9(5-8(2)12)6-10(7)13/h4,6,8,12-13H,5H2,1-3H3. The van der Waals surface area contributed by atoms with E-state index >= 15 is 0 Å². The van der Waals surface area contributed by atoms with E-state index in [9.17, 15) is 10.2 Å². The molecule has 1 aromatic rings. The Hall–Kier alpha value is -1.22. The number of hydrogen-bond donors (Lipinski definition) is 2. The van der Waals surface area contributed by atoms with E-state index in [1.54, 1.807) is 26.2 Å². The summed E-state index contributed by atoms with van der Waals surface area (Å²) < 4.78 is 5.16. The van der Waals surface area contributed by atoms with Crippen LogP contribution in [0, 0.1) is 6.92 Å². The number of aryl methyl sites for hydroxylation is 1. The molecule has 0 spiro atoms. The van der Waals surface area contributed by atoms with E-state index in [1.165, 1.54) is 0 Å². The number of methoxy groups -OCH3 is 1. The van der Waals surface area contributed by atoms with Crippen LogP contribution in [0.25, 0.3) is 0 Å². The highest BCUT2D eigenvalue weighted by molar-refractivity contribution is 5.45. The zero-order chi connectivity index (χ0) is 10.7. The van der Waals surface area contributed by atoms with E-state index in [0.29, 0.717) is 12.2 Å². The lowest BCUT2D eigenvalue weighted by molar-refractivity contribution is 0.194. The van der Waals surface area contributed by atoms with Gasteiger partial charge in [-0.2, -0.15) is 0 Å². The predicted octanol–water partition coefficient (Wildman–Crippen LogP) is 1.63. The highest BCUT2D eigenvalue weighted by atomic mass is 16.5.